The van der Waals surface area contributed by atoms with Crippen molar-refractivity contribution in [1.29, 1.82) is 5.26 Å². The Morgan fingerprint density at radius 2 is 1.43 bits per heavy atom. The summed E-state index contributed by atoms with van der Waals surface area (Å²) in [5.41, 5.74) is 2.50. The van der Waals surface area contributed by atoms with E-state index in [4.69, 9.17) is 0 Å². The fourth-order valence-electron chi connectivity index (χ4n) is 3.63. The van der Waals surface area contributed by atoms with Crippen LogP contribution >= 0.6 is 11.8 Å². The summed E-state index contributed by atoms with van der Waals surface area (Å²) in [6.45, 7) is 0. The van der Waals surface area contributed by atoms with Gasteiger partial charge < -0.3 is 5.32 Å². The number of thiocyanates is 1. The normalized spacial score (nSPS) is 12.6. The molecule has 0 aliphatic carbocycles. The second-order valence-electron chi connectivity index (χ2n) is 6.92. The highest BCUT2D eigenvalue weighted by Gasteiger charge is 2.32. The summed E-state index contributed by atoms with van der Waals surface area (Å²) in [5.74, 6) is -0.0596. The Kier molecular flexibility index (Phi) is 6.12. The van der Waals surface area contributed by atoms with E-state index < -0.39 is 5.25 Å². The monoisotopic (exact) mass is 408 g/mol. The van der Waals surface area contributed by atoms with Gasteiger partial charge in [-0.05, 0) is 40.2 Å². The van der Waals surface area contributed by atoms with Crippen molar-refractivity contribution in [2.24, 2.45) is 0 Å². The highest BCUT2D eigenvalue weighted by molar-refractivity contribution is 8.05. The van der Waals surface area contributed by atoms with Crippen LogP contribution < -0.4 is 5.32 Å². The topological polar surface area (TPSA) is 52.9 Å². The summed E-state index contributed by atoms with van der Waals surface area (Å²) in [7, 11) is 0. The minimum absolute atomic E-state index is 0.0596. The number of benzene rings is 4. The summed E-state index contributed by atoms with van der Waals surface area (Å²) in [4.78, 5) is 13.7. The van der Waals surface area contributed by atoms with Crippen LogP contribution in [0.4, 0.5) is 5.69 Å². The van der Waals surface area contributed by atoms with Gasteiger partial charge in [-0.25, -0.2) is 0 Å². The Morgan fingerprint density at radius 3 is 2.17 bits per heavy atom. The second kappa shape index (κ2) is 9.30. The summed E-state index contributed by atoms with van der Waals surface area (Å²) >= 11 is 1.00. The Morgan fingerprint density at radius 1 is 0.800 bits per heavy atom. The predicted molar refractivity (Wildman–Crippen MR) is 125 cm³/mol. The number of Topliss-reactive ketones (excluding diaryl/α,β-unsaturated/α-hetero) is 1. The van der Waals surface area contributed by atoms with Crippen molar-refractivity contribution in [3.63, 3.8) is 0 Å². The lowest BCUT2D eigenvalue weighted by Gasteiger charge is -2.27. The number of thioether (sulfide) groups is 1. The van der Waals surface area contributed by atoms with E-state index in [1.165, 1.54) is 0 Å². The summed E-state index contributed by atoms with van der Waals surface area (Å²) in [6, 6.07) is 32.8. The summed E-state index contributed by atoms with van der Waals surface area (Å²) in [5, 5.41) is 16.5. The molecule has 0 spiro atoms. The third kappa shape index (κ3) is 4.22. The maximum absolute atomic E-state index is 13.7. The maximum Gasteiger partial charge on any atom is 0.179 e. The molecule has 0 bridgehead atoms. The van der Waals surface area contributed by atoms with Gasteiger partial charge in [-0.3, -0.25) is 4.79 Å². The molecule has 4 aromatic carbocycles. The largest absolute Gasteiger partial charge is 0.377 e. The fraction of sp³-hybridized carbons (Fsp3) is 0.0769. The molecule has 0 amide bonds. The number of anilines is 1. The highest BCUT2D eigenvalue weighted by atomic mass is 32.2. The van der Waals surface area contributed by atoms with Gasteiger partial charge >= 0.3 is 0 Å². The van der Waals surface area contributed by atoms with Gasteiger partial charge in [0.2, 0.25) is 0 Å². The van der Waals surface area contributed by atoms with E-state index in [1.54, 1.807) is 0 Å². The molecule has 0 fully saturated rings. The molecule has 0 saturated heterocycles. The van der Waals surface area contributed by atoms with Crippen molar-refractivity contribution in [3.8, 4) is 5.40 Å². The van der Waals surface area contributed by atoms with E-state index in [0.717, 1.165) is 33.8 Å². The van der Waals surface area contributed by atoms with Gasteiger partial charge in [-0.1, -0.05) is 91.0 Å². The second-order valence-corrected chi connectivity index (χ2v) is 7.85. The van der Waals surface area contributed by atoms with Crippen molar-refractivity contribution in [1.82, 2.24) is 0 Å². The van der Waals surface area contributed by atoms with Crippen LogP contribution in [0.5, 0.6) is 0 Å². The molecular formula is C26H20N2OS. The molecule has 0 aromatic heterocycles. The molecule has 2 atom stereocenters. The van der Waals surface area contributed by atoms with Crippen LogP contribution in [0.25, 0.3) is 10.8 Å². The first kappa shape index (κ1) is 19.8. The van der Waals surface area contributed by atoms with Crippen molar-refractivity contribution < 1.29 is 4.79 Å². The molecule has 30 heavy (non-hydrogen) atoms. The number of ketones is 1. The van der Waals surface area contributed by atoms with Gasteiger partial charge in [0.05, 0.1) is 6.04 Å². The molecule has 4 rings (SSSR count). The number of para-hydroxylation sites is 1. The molecule has 0 saturated carbocycles. The molecule has 0 aliphatic heterocycles. The first-order chi connectivity index (χ1) is 14.8. The fourth-order valence-corrected chi connectivity index (χ4v) is 4.34. The van der Waals surface area contributed by atoms with Crippen LogP contribution in [-0.4, -0.2) is 11.0 Å². The van der Waals surface area contributed by atoms with Crippen LogP contribution in [0.1, 0.15) is 22.0 Å². The van der Waals surface area contributed by atoms with Crippen molar-refractivity contribution >= 4 is 34.0 Å². The molecule has 4 aromatic rings. The summed E-state index contributed by atoms with van der Waals surface area (Å²) < 4.78 is 0. The number of carbonyl (C=O) groups excluding carboxylic acids is 1. The minimum Gasteiger partial charge on any atom is -0.377 e. The third-order valence-electron chi connectivity index (χ3n) is 5.05. The maximum atomic E-state index is 13.7. The number of nitrogens with one attached hydrogen (secondary N) is 1. The SMILES string of the molecule is N#CSC(C(=O)c1cccc2ccccc12)C(Nc1ccccc1)c1ccccc1. The lowest BCUT2D eigenvalue weighted by molar-refractivity contribution is 0.0985. The number of hydrogen-bond acceptors (Lipinski definition) is 4. The summed E-state index contributed by atoms with van der Waals surface area (Å²) in [6.07, 6.45) is 0. The minimum atomic E-state index is -0.608. The molecule has 146 valence electrons. The van der Waals surface area contributed by atoms with Gasteiger partial charge in [-0.15, -0.1) is 0 Å². The third-order valence-corrected chi connectivity index (χ3v) is 5.90. The zero-order valence-electron chi connectivity index (χ0n) is 16.2. The van der Waals surface area contributed by atoms with Crippen LogP contribution in [0.2, 0.25) is 0 Å². The van der Waals surface area contributed by atoms with Gasteiger partial charge in [0.1, 0.15) is 10.7 Å². The Bertz CT molecular complexity index is 1180. The number of nitriles is 1. The molecular weight excluding hydrogens is 388 g/mol. The van der Waals surface area contributed by atoms with Gasteiger partial charge in [0.25, 0.3) is 0 Å². The Balaban J connectivity index is 1.79. The van der Waals surface area contributed by atoms with Crippen LogP contribution in [-0.2, 0) is 0 Å². The number of carbonyl (C=O) groups is 1. The van der Waals surface area contributed by atoms with E-state index in [9.17, 15) is 10.1 Å². The van der Waals surface area contributed by atoms with Crippen LogP contribution in [0.3, 0.4) is 0 Å². The highest BCUT2D eigenvalue weighted by Crippen LogP contribution is 2.34. The van der Waals surface area contributed by atoms with E-state index >= 15 is 0 Å². The lowest BCUT2D eigenvalue weighted by atomic mass is 9.94. The number of hydrogen-bond donors (Lipinski definition) is 1. The molecule has 4 heteroatoms. The smallest absolute Gasteiger partial charge is 0.179 e. The van der Waals surface area contributed by atoms with Gasteiger partial charge in [0.15, 0.2) is 5.78 Å². The molecule has 0 radical (unpaired) electrons. The van der Waals surface area contributed by atoms with E-state index in [0.29, 0.717) is 5.56 Å². The molecule has 2 unspecified atom stereocenters. The molecule has 0 heterocycles. The average Bonchev–Trinajstić information content (AvgIpc) is 2.82. The number of fused-ring (bicyclic) bond motifs is 1. The van der Waals surface area contributed by atoms with Crippen LogP contribution in [0, 0.1) is 10.7 Å². The average molecular weight is 409 g/mol. The first-order valence-corrected chi connectivity index (χ1v) is 10.6. The van der Waals surface area contributed by atoms with E-state index in [-0.39, 0.29) is 11.8 Å². The number of rotatable bonds is 7. The predicted octanol–water partition coefficient (Wildman–Crippen LogP) is 6.46. The Labute approximate surface area is 180 Å². The zero-order valence-corrected chi connectivity index (χ0v) is 17.0. The molecule has 0 aliphatic rings. The van der Waals surface area contributed by atoms with E-state index in [2.05, 4.69) is 10.7 Å². The molecule has 1 N–H and O–H groups in total. The Hall–Kier alpha value is -3.55. The van der Waals surface area contributed by atoms with Crippen molar-refractivity contribution in [2.45, 2.75) is 11.3 Å². The standard InChI is InChI=1S/C26H20N2OS/c27-18-30-26(25(29)23-17-9-13-19-10-7-8-16-22(19)23)24(20-11-3-1-4-12-20)28-21-14-5-2-6-15-21/h1-17,24,26,28H. The quantitative estimate of drug-likeness (QED) is 0.282. The van der Waals surface area contributed by atoms with Gasteiger partial charge in [-0.2, -0.15) is 5.26 Å². The lowest BCUT2D eigenvalue weighted by Crippen LogP contribution is -2.30. The van der Waals surface area contributed by atoms with Crippen molar-refractivity contribution in [2.75, 3.05) is 5.32 Å². The molecule has 3 nitrogen and oxygen atoms in total. The zero-order chi connectivity index (χ0) is 20.8. The number of nitrogens with zero attached hydrogens (tertiary/aromatic N) is 1. The van der Waals surface area contributed by atoms with Crippen LogP contribution in [0.15, 0.2) is 103 Å². The van der Waals surface area contributed by atoms with Crippen molar-refractivity contribution in [3.05, 3.63) is 114 Å². The first-order valence-electron chi connectivity index (χ1n) is 9.71. The van der Waals surface area contributed by atoms with Gasteiger partial charge in [0, 0.05) is 11.3 Å². The van der Waals surface area contributed by atoms with E-state index in [1.807, 2.05) is 103 Å².